The van der Waals surface area contributed by atoms with Crippen LogP contribution in [0.3, 0.4) is 0 Å². The highest BCUT2D eigenvalue weighted by atomic mass is 32.2. The van der Waals surface area contributed by atoms with Crippen LogP contribution in [0.25, 0.3) is 11.3 Å². The number of aliphatic imine (C=N–C) groups is 1. The van der Waals surface area contributed by atoms with Crippen molar-refractivity contribution >= 4 is 32.6 Å². The summed E-state index contributed by atoms with van der Waals surface area (Å²) in [5, 5.41) is 0. The zero-order chi connectivity index (χ0) is 21.3. The van der Waals surface area contributed by atoms with Gasteiger partial charge in [0.1, 0.15) is 0 Å². The van der Waals surface area contributed by atoms with Crippen LogP contribution in [0, 0.1) is 0 Å². The number of benzene rings is 1. The maximum Gasteiger partial charge on any atom is 0.175 e. The van der Waals surface area contributed by atoms with Crippen molar-refractivity contribution in [1.29, 1.82) is 0 Å². The summed E-state index contributed by atoms with van der Waals surface area (Å²) < 4.78 is 29.3. The van der Waals surface area contributed by atoms with Gasteiger partial charge in [0.05, 0.1) is 23.4 Å². The number of hydrogen-bond donors (Lipinski definition) is 1. The molecule has 0 fully saturated rings. The SMILES string of the molecule is COc1cc(C2=C(c3ccncc3)N=C(c3cccc(S(C)(=O)=O)c3)C2)cnc1N. The first kappa shape index (κ1) is 19.8. The van der Waals surface area contributed by atoms with Crippen molar-refractivity contribution in [2.75, 3.05) is 19.1 Å². The fourth-order valence-corrected chi connectivity index (χ4v) is 4.00. The second kappa shape index (κ2) is 7.72. The van der Waals surface area contributed by atoms with Crippen LogP contribution < -0.4 is 10.5 Å². The lowest BCUT2D eigenvalue weighted by atomic mass is 9.97. The molecular weight excluding hydrogens is 400 g/mol. The molecule has 2 N–H and O–H groups in total. The van der Waals surface area contributed by atoms with E-state index in [2.05, 4.69) is 9.97 Å². The molecule has 0 saturated heterocycles. The van der Waals surface area contributed by atoms with Gasteiger partial charge in [0.2, 0.25) is 0 Å². The Morgan fingerprint density at radius 3 is 2.50 bits per heavy atom. The fourth-order valence-electron chi connectivity index (χ4n) is 3.34. The number of rotatable bonds is 5. The maximum atomic E-state index is 12.0. The highest BCUT2D eigenvalue weighted by Gasteiger charge is 2.23. The lowest BCUT2D eigenvalue weighted by molar-refractivity contribution is 0.415. The molecular formula is C22H20N4O3S. The van der Waals surface area contributed by atoms with Crippen molar-refractivity contribution in [2.45, 2.75) is 11.3 Å². The van der Waals surface area contributed by atoms with Gasteiger partial charge < -0.3 is 10.5 Å². The van der Waals surface area contributed by atoms with E-state index >= 15 is 0 Å². The number of ether oxygens (including phenoxy) is 1. The van der Waals surface area contributed by atoms with Crippen molar-refractivity contribution in [3.8, 4) is 5.75 Å². The number of aromatic nitrogens is 2. The first-order valence-electron chi connectivity index (χ1n) is 9.18. The van der Waals surface area contributed by atoms with E-state index in [4.69, 9.17) is 15.5 Å². The van der Waals surface area contributed by atoms with Gasteiger partial charge in [-0.15, -0.1) is 0 Å². The van der Waals surface area contributed by atoms with Gasteiger partial charge in [-0.3, -0.25) is 9.98 Å². The summed E-state index contributed by atoms with van der Waals surface area (Å²) in [5.41, 5.74) is 10.9. The summed E-state index contributed by atoms with van der Waals surface area (Å²) in [6, 6.07) is 12.4. The largest absolute Gasteiger partial charge is 0.493 e. The molecule has 0 aliphatic carbocycles. The van der Waals surface area contributed by atoms with Crippen LogP contribution >= 0.6 is 0 Å². The zero-order valence-electron chi connectivity index (χ0n) is 16.5. The van der Waals surface area contributed by atoms with E-state index in [0.717, 1.165) is 33.7 Å². The minimum Gasteiger partial charge on any atom is -0.493 e. The molecule has 0 spiro atoms. The minimum atomic E-state index is -3.32. The molecule has 7 nitrogen and oxygen atoms in total. The average Bonchev–Trinajstić information content (AvgIpc) is 3.20. The van der Waals surface area contributed by atoms with Gasteiger partial charge in [-0.2, -0.15) is 0 Å². The van der Waals surface area contributed by atoms with Gasteiger partial charge >= 0.3 is 0 Å². The predicted octanol–water partition coefficient (Wildman–Crippen LogP) is 3.23. The molecule has 1 aromatic carbocycles. The Labute approximate surface area is 174 Å². The van der Waals surface area contributed by atoms with Crippen LogP contribution in [-0.2, 0) is 9.84 Å². The van der Waals surface area contributed by atoms with Gasteiger partial charge in [0.15, 0.2) is 21.4 Å². The van der Waals surface area contributed by atoms with Gasteiger partial charge in [0, 0.05) is 42.4 Å². The Morgan fingerprint density at radius 2 is 1.80 bits per heavy atom. The standard InChI is InChI=1S/C22H20N4O3S/c1-29-20-11-16(13-25-22(20)23)18-12-19(26-21(18)14-6-8-24-9-7-14)15-4-3-5-17(10-15)30(2,27)28/h3-11,13H,12H2,1-2H3,(H2,23,25). The van der Waals surface area contributed by atoms with Crippen molar-refractivity contribution in [1.82, 2.24) is 9.97 Å². The molecule has 4 rings (SSSR count). The van der Waals surface area contributed by atoms with Crippen LogP contribution in [0.15, 0.2) is 70.9 Å². The molecule has 0 bridgehead atoms. The van der Waals surface area contributed by atoms with Crippen LogP contribution in [0.5, 0.6) is 5.75 Å². The van der Waals surface area contributed by atoms with E-state index < -0.39 is 9.84 Å². The normalized spacial score (nSPS) is 14.0. The first-order valence-corrected chi connectivity index (χ1v) is 11.1. The van der Waals surface area contributed by atoms with Crippen LogP contribution in [0.1, 0.15) is 23.1 Å². The molecule has 1 aliphatic rings. The van der Waals surface area contributed by atoms with E-state index in [0.29, 0.717) is 18.0 Å². The molecule has 30 heavy (non-hydrogen) atoms. The number of hydrogen-bond acceptors (Lipinski definition) is 7. The molecule has 8 heteroatoms. The topological polar surface area (TPSA) is 108 Å². The Kier molecular flexibility index (Phi) is 5.09. The van der Waals surface area contributed by atoms with Crippen molar-refractivity contribution < 1.29 is 13.2 Å². The number of nitrogens with zero attached hydrogens (tertiary/aromatic N) is 3. The van der Waals surface area contributed by atoms with Crippen molar-refractivity contribution in [2.24, 2.45) is 4.99 Å². The van der Waals surface area contributed by atoms with E-state index in [9.17, 15) is 8.42 Å². The van der Waals surface area contributed by atoms with Crippen LogP contribution in [0.2, 0.25) is 0 Å². The second-order valence-electron chi connectivity index (χ2n) is 6.91. The molecule has 0 amide bonds. The third-order valence-electron chi connectivity index (χ3n) is 4.88. The minimum absolute atomic E-state index is 0.262. The van der Waals surface area contributed by atoms with Gasteiger partial charge in [-0.05, 0) is 41.5 Å². The number of allylic oxidation sites excluding steroid dienone is 1. The van der Waals surface area contributed by atoms with E-state index in [1.54, 1.807) is 43.9 Å². The van der Waals surface area contributed by atoms with E-state index in [1.807, 2.05) is 24.3 Å². The third-order valence-corrected chi connectivity index (χ3v) is 5.99. The number of anilines is 1. The van der Waals surface area contributed by atoms with Crippen LogP contribution in [0.4, 0.5) is 5.82 Å². The monoisotopic (exact) mass is 420 g/mol. The summed E-state index contributed by atoms with van der Waals surface area (Å²) in [7, 11) is -1.77. The van der Waals surface area contributed by atoms with Gasteiger partial charge in [0.25, 0.3) is 0 Å². The Bertz CT molecular complexity index is 1280. The molecule has 152 valence electrons. The molecule has 0 saturated carbocycles. The van der Waals surface area contributed by atoms with E-state index in [-0.39, 0.29) is 4.90 Å². The van der Waals surface area contributed by atoms with Crippen molar-refractivity contribution in [3.05, 3.63) is 77.7 Å². The highest BCUT2D eigenvalue weighted by molar-refractivity contribution is 7.90. The maximum absolute atomic E-state index is 12.0. The molecule has 3 aromatic rings. The number of sulfone groups is 1. The quantitative estimate of drug-likeness (QED) is 0.679. The fraction of sp³-hybridized carbons (Fsp3) is 0.136. The summed E-state index contributed by atoms with van der Waals surface area (Å²) in [5.74, 6) is 0.800. The summed E-state index contributed by atoms with van der Waals surface area (Å²) >= 11 is 0. The predicted molar refractivity (Wildman–Crippen MR) is 117 cm³/mol. The van der Waals surface area contributed by atoms with Gasteiger partial charge in [-0.1, -0.05) is 12.1 Å². The van der Waals surface area contributed by atoms with Gasteiger partial charge in [-0.25, -0.2) is 13.4 Å². The lowest BCUT2D eigenvalue weighted by Gasteiger charge is -2.10. The average molecular weight is 420 g/mol. The number of nitrogen functional groups attached to an aromatic ring is 1. The molecule has 0 radical (unpaired) electrons. The molecule has 2 aromatic heterocycles. The third kappa shape index (κ3) is 3.81. The van der Waals surface area contributed by atoms with Crippen molar-refractivity contribution in [3.63, 3.8) is 0 Å². The van der Waals surface area contributed by atoms with Crippen LogP contribution in [-0.4, -0.2) is 37.5 Å². The molecule has 1 aliphatic heterocycles. The number of methoxy groups -OCH3 is 1. The zero-order valence-corrected chi connectivity index (χ0v) is 17.3. The Balaban J connectivity index is 1.83. The summed E-state index contributed by atoms with van der Waals surface area (Å²) in [6.07, 6.45) is 6.82. The Morgan fingerprint density at radius 1 is 1.03 bits per heavy atom. The number of nitrogens with two attached hydrogens (primary N) is 1. The highest BCUT2D eigenvalue weighted by Crippen LogP contribution is 2.38. The Hall–Kier alpha value is -3.52. The number of pyridine rings is 2. The first-order chi connectivity index (χ1) is 14.4. The molecule has 0 atom stereocenters. The van der Waals surface area contributed by atoms with E-state index in [1.165, 1.54) is 6.26 Å². The smallest absolute Gasteiger partial charge is 0.175 e. The second-order valence-corrected chi connectivity index (χ2v) is 8.93. The molecule has 3 heterocycles. The summed E-state index contributed by atoms with van der Waals surface area (Å²) in [4.78, 5) is 13.4. The molecule has 0 unspecified atom stereocenters. The summed E-state index contributed by atoms with van der Waals surface area (Å²) in [6.45, 7) is 0. The lowest BCUT2D eigenvalue weighted by Crippen LogP contribution is -2.03.